The Bertz CT molecular complexity index is 1360. The van der Waals surface area contributed by atoms with E-state index in [-0.39, 0.29) is 52.0 Å². The van der Waals surface area contributed by atoms with Crippen molar-refractivity contribution >= 4 is 58.7 Å². The Balaban J connectivity index is 1.44. The van der Waals surface area contributed by atoms with Gasteiger partial charge in [-0.1, -0.05) is 67.4 Å². The molecule has 1 saturated heterocycles. The summed E-state index contributed by atoms with van der Waals surface area (Å²) in [5.74, 6) is -0.368. The first-order valence-corrected chi connectivity index (χ1v) is 14.9. The van der Waals surface area contributed by atoms with Crippen molar-refractivity contribution in [1.82, 2.24) is 19.6 Å². The average Bonchev–Trinajstić information content (AvgIpc) is 3.14. The summed E-state index contributed by atoms with van der Waals surface area (Å²) >= 11 is 12.7. The predicted octanol–water partition coefficient (Wildman–Crippen LogP) is 4.99. The van der Waals surface area contributed by atoms with Gasteiger partial charge in [0.2, 0.25) is 12.3 Å². The molecule has 2 heterocycles. The molecule has 2 aromatic carbocycles. The number of piperidine rings is 1. The summed E-state index contributed by atoms with van der Waals surface area (Å²) in [6.07, 6.45) is 3.92. The van der Waals surface area contributed by atoms with Gasteiger partial charge in [-0.2, -0.15) is 0 Å². The second kappa shape index (κ2) is 14.1. The van der Waals surface area contributed by atoms with Crippen LogP contribution in [0.5, 0.6) is 0 Å². The lowest BCUT2D eigenvalue weighted by Crippen LogP contribution is -2.51. The summed E-state index contributed by atoms with van der Waals surface area (Å²) < 4.78 is 0. The number of likely N-dealkylation sites (tertiary alicyclic amines) is 1. The maximum atomic E-state index is 13.5. The third kappa shape index (κ3) is 7.44. The molecule has 2 aromatic rings. The molecule has 4 rings (SSSR count). The van der Waals surface area contributed by atoms with Crippen LogP contribution in [0, 0.1) is 5.92 Å². The number of anilines is 1. The molecule has 0 bridgehead atoms. The SMILES string of the molecule is CC(C)CN(C)C(=O)/C(=C\N(C=O)CC(=O)N1CCC(N2CCc3ccccc3NC2=O)CC1)c1cccc(Cl)c1Cl. The van der Waals surface area contributed by atoms with E-state index >= 15 is 0 Å². The molecule has 0 radical (unpaired) electrons. The minimum absolute atomic E-state index is 0.0103. The van der Waals surface area contributed by atoms with Crippen molar-refractivity contribution in [1.29, 1.82) is 0 Å². The highest BCUT2D eigenvalue weighted by atomic mass is 35.5. The first kappa shape index (κ1) is 31.4. The number of halogens is 2. The van der Waals surface area contributed by atoms with Gasteiger partial charge in [0, 0.05) is 56.7 Å². The van der Waals surface area contributed by atoms with E-state index in [9.17, 15) is 19.2 Å². The van der Waals surface area contributed by atoms with Gasteiger partial charge in [-0.15, -0.1) is 0 Å². The number of carbonyl (C=O) groups excluding carboxylic acids is 4. The summed E-state index contributed by atoms with van der Waals surface area (Å²) in [4.78, 5) is 58.1. The van der Waals surface area contributed by atoms with Crippen LogP contribution < -0.4 is 5.32 Å². The Morgan fingerprint density at radius 2 is 1.79 bits per heavy atom. The third-order valence-corrected chi connectivity index (χ3v) is 8.42. The van der Waals surface area contributed by atoms with Gasteiger partial charge in [-0.05, 0) is 42.9 Å². The first-order chi connectivity index (χ1) is 20.1. The van der Waals surface area contributed by atoms with E-state index in [1.54, 1.807) is 35.0 Å². The van der Waals surface area contributed by atoms with Gasteiger partial charge >= 0.3 is 6.03 Å². The molecular weight excluding hydrogens is 577 g/mol. The van der Waals surface area contributed by atoms with Gasteiger partial charge in [0.1, 0.15) is 6.54 Å². The smallest absolute Gasteiger partial charge is 0.322 e. The number of hydrogen-bond donors (Lipinski definition) is 1. The van der Waals surface area contributed by atoms with Crippen molar-refractivity contribution in [2.45, 2.75) is 39.2 Å². The number of nitrogens with zero attached hydrogens (tertiary/aromatic N) is 4. The van der Waals surface area contributed by atoms with Crippen LogP contribution in [0.15, 0.2) is 48.7 Å². The number of fused-ring (bicyclic) bond motifs is 1. The fourth-order valence-corrected chi connectivity index (χ4v) is 5.89. The van der Waals surface area contributed by atoms with Crippen LogP contribution in [-0.2, 0) is 20.8 Å². The van der Waals surface area contributed by atoms with E-state index in [1.165, 1.54) is 11.1 Å². The normalized spacial score (nSPS) is 16.0. The fraction of sp³-hybridized carbons (Fsp3) is 0.419. The number of nitrogens with one attached hydrogen (secondary N) is 1. The zero-order valence-corrected chi connectivity index (χ0v) is 25.7. The maximum absolute atomic E-state index is 13.5. The molecule has 0 atom stereocenters. The number of urea groups is 1. The lowest BCUT2D eigenvalue weighted by atomic mass is 10.0. The van der Waals surface area contributed by atoms with Crippen molar-refractivity contribution < 1.29 is 19.2 Å². The Labute approximate surface area is 257 Å². The second-order valence-corrected chi connectivity index (χ2v) is 11.9. The molecule has 5 amide bonds. The van der Waals surface area contributed by atoms with E-state index in [2.05, 4.69) is 5.32 Å². The van der Waals surface area contributed by atoms with Crippen molar-refractivity contribution in [3.8, 4) is 0 Å². The van der Waals surface area contributed by atoms with Crippen molar-refractivity contribution in [3.05, 3.63) is 69.8 Å². The number of benzene rings is 2. The minimum atomic E-state index is -0.342. The van der Waals surface area contributed by atoms with Crippen LogP contribution in [0.2, 0.25) is 10.0 Å². The molecular formula is C31H37Cl2N5O4. The summed E-state index contributed by atoms with van der Waals surface area (Å²) in [5, 5.41) is 3.48. The largest absolute Gasteiger partial charge is 0.341 e. The van der Waals surface area contributed by atoms with Crippen LogP contribution in [0.1, 0.15) is 37.8 Å². The average molecular weight is 615 g/mol. The molecule has 0 aromatic heterocycles. The number of amides is 5. The standard InChI is InChI=1S/C31H37Cl2N5O4/c1-21(2)17-35(3)30(41)25(24-8-6-9-26(32)29(24)33)18-36(20-39)19-28(40)37-14-12-23(13-15-37)38-16-11-22-7-4-5-10-27(22)34-31(38)42/h4-10,18,20-21,23H,11-17,19H2,1-3H3,(H,34,42)/b25-18-. The highest BCUT2D eigenvalue weighted by Crippen LogP contribution is 2.32. The Kier molecular flexibility index (Phi) is 10.5. The Morgan fingerprint density at radius 3 is 2.48 bits per heavy atom. The zero-order chi connectivity index (χ0) is 30.4. The molecule has 11 heteroatoms. The summed E-state index contributed by atoms with van der Waals surface area (Å²) in [5.41, 5.74) is 2.49. The third-order valence-electron chi connectivity index (χ3n) is 7.61. The summed E-state index contributed by atoms with van der Waals surface area (Å²) in [6.45, 7) is 5.77. The summed E-state index contributed by atoms with van der Waals surface area (Å²) in [6, 6.07) is 12.6. The van der Waals surface area contributed by atoms with Gasteiger partial charge in [0.15, 0.2) is 0 Å². The maximum Gasteiger partial charge on any atom is 0.322 e. The van der Waals surface area contributed by atoms with Gasteiger partial charge in [-0.3, -0.25) is 14.4 Å². The van der Waals surface area contributed by atoms with E-state index in [4.69, 9.17) is 23.2 Å². The van der Waals surface area contributed by atoms with Gasteiger partial charge < -0.3 is 24.9 Å². The van der Waals surface area contributed by atoms with Crippen molar-refractivity contribution in [2.75, 3.05) is 45.1 Å². The van der Waals surface area contributed by atoms with E-state index in [1.807, 2.05) is 43.0 Å². The van der Waals surface area contributed by atoms with Crippen molar-refractivity contribution in [2.24, 2.45) is 5.92 Å². The van der Waals surface area contributed by atoms with Gasteiger partial charge in [0.25, 0.3) is 5.91 Å². The lowest BCUT2D eigenvalue weighted by molar-refractivity contribution is -0.135. The molecule has 2 aliphatic rings. The Morgan fingerprint density at radius 1 is 1.07 bits per heavy atom. The van der Waals surface area contributed by atoms with E-state index < -0.39 is 0 Å². The van der Waals surface area contributed by atoms with E-state index in [0.29, 0.717) is 51.0 Å². The van der Waals surface area contributed by atoms with Crippen LogP contribution in [0.3, 0.4) is 0 Å². The molecule has 0 spiro atoms. The van der Waals surface area contributed by atoms with Crippen LogP contribution >= 0.6 is 23.2 Å². The number of hydrogen-bond acceptors (Lipinski definition) is 4. The number of rotatable bonds is 9. The fourth-order valence-electron chi connectivity index (χ4n) is 5.49. The molecule has 42 heavy (non-hydrogen) atoms. The van der Waals surface area contributed by atoms with Gasteiger partial charge in [0.05, 0.1) is 15.6 Å². The Hall–Kier alpha value is -3.56. The van der Waals surface area contributed by atoms with Gasteiger partial charge in [-0.25, -0.2) is 4.79 Å². The summed E-state index contributed by atoms with van der Waals surface area (Å²) in [7, 11) is 1.68. The molecule has 224 valence electrons. The molecule has 0 aliphatic carbocycles. The predicted molar refractivity (Wildman–Crippen MR) is 165 cm³/mol. The highest BCUT2D eigenvalue weighted by Gasteiger charge is 2.32. The number of para-hydroxylation sites is 1. The molecule has 9 nitrogen and oxygen atoms in total. The molecule has 1 fully saturated rings. The quantitative estimate of drug-likeness (QED) is 0.318. The van der Waals surface area contributed by atoms with Crippen LogP contribution in [0.4, 0.5) is 10.5 Å². The topological polar surface area (TPSA) is 93.3 Å². The first-order valence-electron chi connectivity index (χ1n) is 14.1. The highest BCUT2D eigenvalue weighted by molar-refractivity contribution is 6.44. The van der Waals surface area contributed by atoms with Crippen LogP contribution in [-0.4, -0.2) is 89.7 Å². The van der Waals surface area contributed by atoms with Crippen molar-refractivity contribution in [3.63, 3.8) is 0 Å². The number of carbonyl (C=O) groups is 4. The second-order valence-electron chi connectivity index (χ2n) is 11.1. The monoisotopic (exact) mass is 613 g/mol. The molecule has 0 saturated carbocycles. The van der Waals surface area contributed by atoms with Crippen LogP contribution in [0.25, 0.3) is 5.57 Å². The lowest BCUT2D eigenvalue weighted by Gasteiger charge is -2.38. The molecule has 1 N–H and O–H groups in total. The zero-order valence-electron chi connectivity index (χ0n) is 24.2. The number of likely N-dealkylation sites (N-methyl/N-ethyl adjacent to an activating group) is 1. The molecule has 2 aliphatic heterocycles. The van der Waals surface area contributed by atoms with E-state index in [0.717, 1.165) is 17.7 Å². The minimum Gasteiger partial charge on any atom is -0.341 e. The molecule has 0 unspecified atom stereocenters.